The third kappa shape index (κ3) is 3.71. The van der Waals surface area contributed by atoms with Crippen molar-refractivity contribution in [2.24, 2.45) is 0 Å². The Morgan fingerprint density at radius 2 is 1.05 bits per heavy atom. The molecule has 0 fully saturated rings. The minimum absolute atomic E-state index is 1.07. The zero-order valence-electron chi connectivity index (χ0n) is 20.1. The van der Waals surface area contributed by atoms with Crippen molar-refractivity contribution in [3.63, 3.8) is 0 Å². The van der Waals surface area contributed by atoms with Crippen LogP contribution in [-0.4, -0.2) is 4.57 Å². The van der Waals surface area contributed by atoms with Gasteiger partial charge in [0.05, 0.1) is 16.7 Å². The molecule has 0 saturated carbocycles. The van der Waals surface area contributed by atoms with Crippen LogP contribution in [0, 0.1) is 0 Å². The molecule has 176 valence electrons. The molecule has 0 N–H and O–H groups in total. The summed E-state index contributed by atoms with van der Waals surface area (Å²) in [4.78, 5) is 2.32. The van der Waals surface area contributed by atoms with E-state index in [4.69, 9.17) is 0 Å². The molecule has 0 amide bonds. The second kappa shape index (κ2) is 8.95. The van der Waals surface area contributed by atoms with E-state index in [2.05, 4.69) is 165 Å². The number of nitrogens with zero attached hydrogens (tertiary/aromatic N) is 2. The fourth-order valence-electron chi connectivity index (χ4n) is 5.39. The molecule has 1 heterocycles. The van der Waals surface area contributed by atoms with Crippen LogP contribution in [0.1, 0.15) is 0 Å². The van der Waals surface area contributed by atoms with Crippen LogP contribution in [0.5, 0.6) is 0 Å². The molecule has 1 aromatic heterocycles. The van der Waals surface area contributed by atoms with Gasteiger partial charge in [-0.3, -0.25) is 0 Å². The molecule has 0 atom stereocenters. The molecule has 7 rings (SSSR count). The predicted octanol–water partition coefficient (Wildman–Crippen LogP) is 10.2. The summed E-state index contributed by atoms with van der Waals surface area (Å²) in [7, 11) is 0. The highest BCUT2D eigenvalue weighted by molar-refractivity contribution is 9.10. The van der Waals surface area contributed by atoms with E-state index in [9.17, 15) is 0 Å². The van der Waals surface area contributed by atoms with Crippen molar-refractivity contribution in [1.82, 2.24) is 4.57 Å². The van der Waals surface area contributed by atoms with Gasteiger partial charge in [0.15, 0.2) is 0 Å². The average Bonchev–Trinajstić information content (AvgIpc) is 3.27. The average molecular weight is 539 g/mol. The quantitative estimate of drug-likeness (QED) is 0.216. The monoisotopic (exact) mass is 538 g/mol. The lowest BCUT2D eigenvalue weighted by atomic mass is 10.1. The first-order valence-corrected chi connectivity index (χ1v) is 13.2. The van der Waals surface area contributed by atoms with E-state index in [-0.39, 0.29) is 0 Å². The molecular weight excluding hydrogens is 516 g/mol. The van der Waals surface area contributed by atoms with Crippen molar-refractivity contribution in [3.05, 3.63) is 144 Å². The second-order valence-corrected chi connectivity index (χ2v) is 10.1. The number of fused-ring (bicyclic) bond motifs is 4. The summed E-state index contributed by atoms with van der Waals surface area (Å²) >= 11 is 3.72. The maximum absolute atomic E-state index is 3.72. The van der Waals surface area contributed by atoms with Crippen LogP contribution in [0.15, 0.2) is 144 Å². The molecule has 0 saturated heterocycles. The van der Waals surface area contributed by atoms with E-state index >= 15 is 0 Å². The van der Waals surface area contributed by atoms with E-state index in [0.717, 1.165) is 21.5 Å². The van der Waals surface area contributed by atoms with Gasteiger partial charge >= 0.3 is 0 Å². The van der Waals surface area contributed by atoms with Gasteiger partial charge in [-0.15, -0.1) is 0 Å². The maximum atomic E-state index is 3.72. The third-order valence-corrected chi connectivity index (χ3v) is 7.50. The van der Waals surface area contributed by atoms with Crippen molar-refractivity contribution >= 4 is 65.6 Å². The number of benzene rings is 6. The summed E-state index contributed by atoms with van der Waals surface area (Å²) in [5.41, 5.74) is 6.96. The van der Waals surface area contributed by atoms with Gasteiger partial charge in [-0.05, 0) is 72.1 Å². The van der Waals surface area contributed by atoms with Crippen LogP contribution in [0.2, 0.25) is 0 Å². The van der Waals surface area contributed by atoms with Crippen molar-refractivity contribution in [2.75, 3.05) is 4.90 Å². The molecule has 0 aliphatic rings. The Morgan fingerprint density at radius 1 is 0.459 bits per heavy atom. The molecule has 37 heavy (non-hydrogen) atoms. The number of hydrogen-bond donors (Lipinski definition) is 0. The summed E-state index contributed by atoms with van der Waals surface area (Å²) < 4.78 is 3.48. The fraction of sp³-hybridized carbons (Fsp3) is 0. The number of aromatic nitrogens is 1. The predicted molar refractivity (Wildman–Crippen MR) is 161 cm³/mol. The van der Waals surface area contributed by atoms with E-state index in [1.807, 2.05) is 0 Å². The molecule has 0 unspecified atom stereocenters. The number of halogens is 1. The van der Waals surface area contributed by atoms with Gasteiger partial charge in [0, 0.05) is 37.7 Å². The van der Waals surface area contributed by atoms with Crippen molar-refractivity contribution in [2.45, 2.75) is 0 Å². The summed E-state index contributed by atoms with van der Waals surface area (Å²) in [5, 5.41) is 4.92. The largest absolute Gasteiger partial charge is 0.310 e. The van der Waals surface area contributed by atoms with Crippen LogP contribution in [0.4, 0.5) is 17.1 Å². The van der Waals surface area contributed by atoms with Gasteiger partial charge in [0.1, 0.15) is 0 Å². The van der Waals surface area contributed by atoms with Gasteiger partial charge in [0.25, 0.3) is 0 Å². The molecule has 0 aliphatic carbocycles. The number of rotatable bonds is 4. The fourth-order valence-corrected chi connectivity index (χ4v) is 5.75. The van der Waals surface area contributed by atoms with E-state index < -0.39 is 0 Å². The molecule has 0 aliphatic heterocycles. The zero-order valence-corrected chi connectivity index (χ0v) is 21.6. The van der Waals surface area contributed by atoms with Crippen molar-refractivity contribution < 1.29 is 0 Å². The Bertz CT molecular complexity index is 1840. The summed E-state index contributed by atoms with van der Waals surface area (Å²) in [5.74, 6) is 0. The van der Waals surface area contributed by atoms with Gasteiger partial charge in [-0.2, -0.15) is 0 Å². The Balaban J connectivity index is 1.53. The van der Waals surface area contributed by atoms with Crippen LogP contribution < -0.4 is 4.90 Å². The highest BCUT2D eigenvalue weighted by Crippen LogP contribution is 2.40. The molecular formula is C34H23BrN2. The molecule has 7 aromatic rings. The van der Waals surface area contributed by atoms with Crippen LogP contribution in [0.25, 0.3) is 38.3 Å². The standard InChI is InChI=1S/C34H23BrN2/c35-25-18-20-33-30(22-25)31-23-28(36(26-12-3-1-4-13-26)27-14-5-2-6-15-27)19-21-34(31)37(33)32-17-9-11-24-10-7-8-16-29(24)32/h1-23H. The van der Waals surface area contributed by atoms with Crippen LogP contribution in [-0.2, 0) is 0 Å². The van der Waals surface area contributed by atoms with E-state index in [1.54, 1.807) is 0 Å². The number of anilines is 3. The first-order valence-electron chi connectivity index (χ1n) is 12.4. The number of para-hydroxylation sites is 2. The topological polar surface area (TPSA) is 8.17 Å². The van der Waals surface area contributed by atoms with E-state index in [1.165, 1.54) is 38.3 Å². The lowest BCUT2D eigenvalue weighted by Crippen LogP contribution is -2.09. The Labute approximate surface area is 224 Å². The van der Waals surface area contributed by atoms with Crippen molar-refractivity contribution in [1.29, 1.82) is 0 Å². The Kier molecular flexibility index (Phi) is 5.30. The lowest BCUT2D eigenvalue weighted by Gasteiger charge is -2.25. The van der Waals surface area contributed by atoms with Gasteiger partial charge in [0.2, 0.25) is 0 Å². The Morgan fingerprint density at radius 3 is 1.78 bits per heavy atom. The summed E-state index contributed by atoms with van der Waals surface area (Å²) in [6.45, 7) is 0. The molecule has 2 nitrogen and oxygen atoms in total. The Hall–Kier alpha value is -4.34. The highest BCUT2D eigenvalue weighted by atomic mass is 79.9. The molecule has 0 radical (unpaired) electrons. The first-order chi connectivity index (χ1) is 18.3. The minimum atomic E-state index is 1.07. The smallest absolute Gasteiger partial charge is 0.0542 e. The molecule has 6 aromatic carbocycles. The normalized spacial score (nSPS) is 11.4. The molecule has 0 spiro atoms. The van der Waals surface area contributed by atoms with Gasteiger partial charge < -0.3 is 9.47 Å². The highest BCUT2D eigenvalue weighted by Gasteiger charge is 2.18. The maximum Gasteiger partial charge on any atom is 0.0542 e. The van der Waals surface area contributed by atoms with Crippen LogP contribution >= 0.6 is 15.9 Å². The van der Waals surface area contributed by atoms with E-state index in [0.29, 0.717) is 0 Å². The minimum Gasteiger partial charge on any atom is -0.310 e. The van der Waals surface area contributed by atoms with Crippen LogP contribution in [0.3, 0.4) is 0 Å². The zero-order chi connectivity index (χ0) is 24.8. The summed E-state index contributed by atoms with van der Waals surface area (Å²) in [6.07, 6.45) is 0. The first kappa shape index (κ1) is 21.9. The van der Waals surface area contributed by atoms with Gasteiger partial charge in [-0.25, -0.2) is 0 Å². The number of hydrogen-bond acceptors (Lipinski definition) is 1. The van der Waals surface area contributed by atoms with Crippen molar-refractivity contribution in [3.8, 4) is 5.69 Å². The third-order valence-electron chi connectivity index (χ3n) is 7.01. The lowest BCUT2D eigenvalue weighted by molar-refractivity contribution is 1.20. The second-order valence-electron chi connectivity index (χ2n) is 9.20. The van der Waals surface area contributed by atoms with Gasteiger partial charge in [-0.1, -0.05) is 88.7 Å². The molecule has 0 bridgehead atoms. The summed E-state index contributed by atoms with van der Waals surface area (Å²) in [6, 6.07) is 49.7. The molecule has 3 heteroatoms. The SMILES string of the molecule is Brc1ccc2c(c1)c1cc(N(c3ccccc3)c3ccccc3)ccc1n2-c1cccc2ccccc12.